The quantitative estimate of drug-likeness (QED) is 0.859. The van der Waals surface area contributed by atoms with Gasteiger partial charge in [-0.3, -0.25) is 4.79 Å². The number of ether oxygens (including phenoxy) is 2. The molecule has 0 fully saturated rings. The van der Waals surface area contributed by atoms with Crippen LogP contribution in [-0.4, -0.2) is 18.0 Å². The summed E-state index contributed by atoms with van der Waals surface area (Å²) < 4.78 is 10.5. The fraction of sp³-hybridized carbons (Fsp3) is 0.364. The van der Waals surface area contributed by atoms with Crippen LogP contribution in [0.1, 0.15) is 12.0 Å². The molecule has 0 radical (unpaired) electrons. The van der Waals surface area contributed by atoms with Crippen LogP contribution in [0.2, 0.25) is 0 Å². The lowest BCUT2D eigenvalue weighted by atomic mass is 10.2. The Hall–Kier alpha value is -1.23. The lowest BCUT2D eigenvalue weighted by Crippen LogP contribution is -2.22. The molecule has 0 spiro atoms. The van der Waals surface area contributed by atoms with Gasteiger partial charge < -0.3 is 14.8 Å². The van der Waals surface area contributed by atoms with E-state index in [0.29, 0.717) is 18.3 Å². The molecule has 0 unspecified atom stereocenters. The number of rotatable bonds is 4. The first-order valence-corrected chi connectivity index (χ1v) is 6.13. The minimum Gasteiger partial charge on any atom is -0.454 e. The molecule has 1 heterocycles. The normalized spacial score (nSPS) is 12.6. The predicted octanol–water partition coefficient (Wildman–Crippen LogP) is 1.82. The second kappa shape index (κ2) is 5.21. The maximum Gasteiger partial charge on any atom is 0.231 e. The first-order valence-electron chi connectivity index (χ1n) is 5.01. The van der Waals surface area contributed by atoms with Gasteiger partial charge in [-0.25, -0.2) is 0 Å². The van der Waals surface area contributed by atoms with Crippen molar-refractivity contribution in [3.8, 4) is 11.5 Å². The number of carbonyl (C=O) groups is 1. The highest BCUT2D eigenvalue weighted by Gasteiger charge is 2.13. The molecule has 5 heteroatoms. The van der Waals surface area contributed by atoms with Crippen molar-refractivity contribution in [3.05, 3.63) is 23.8 Å². The van der Waals surface area contributed by atoms with E-state index in [0.717, 1.165) is 17.1 Å². The lowest BCUT2D eigenvalue weighted by Gasteiger charge is -2.05. The van der Waals surface area contributed by atoms with Crippen molar-refractivity contribution in [2.45, 2.75) is 13.0 Å². The second-order valence-corrected chi connectivity index (χ2v) is 4.20. The average Bonchev–Trinajstić information content (AvgIpc) is 2.74. The van der Waals surface area contributed by atoms with Crippen molar-refractivity contribution in [3.63, 3.8) is 0 Å². The fourth-order valence-electron chi connectivity index (χ4n) is 1.43. The maximum atomic E-state index is 11.3. The molecule has 0 atom stereocenters. The van der Waals surface area contributed by atoms with Gasteiger partial charge in [0.25, 0.3) is 0 Å². The van der Waals surface area contributed by atoms with Crippen LogP contribution in [0, 0.1) is 0 Å². The van der Waals surface area contributed by atoms with Gasteiger partial charge in [0, 0.05) is 18.3 Å². The van der Waals surface area contributed by atoms with Gasteiger partial charge in [0.2, 0.25) is 12.7 Å². The van der Waals surface area contributed by atoms with Gasteiger partial charge in [0.1, 0.15) is 0 Å². The van der Waals surface area contributed by atoms with E-state index in [1.807, 2.05) is 18.2 Å². The highest BCUT2D eigenvalue weighted by atomic mass is 79.9. The Morgan fingerprint density at radius 1 is 1.38 bits per heavy atom. The number of carbonyl (C=O) groups excluding carboxylic acids is 1. The van der Waals surface area contributed by atoms with Crippen LogP contribution < -0.4 is 14.8 Å². The second-order valence-electron chi connectivity index (χ2n) is 3.40. The van der Waals surface area contributed by atoms with Crippen molar-refractivity contribution in [1.29, 1.82) is 0 Å². The molecule has 1 aliphatic rings. The summed E-state index contributed by atoms with van der Waals surface area (Å²) in [6, 6.07) is 5.66. The molecule has 1 aromatic carbocycles. The van der Waals surface area contributed by atoms with E-state index in [4.69, 9.17) is 9.47 Å². The molecule has 16 heavy (non-hydrogen) atoms. The largest absolute Gasteiger partial charge is 0.454 e. The number of nitrogens with one attached hydrogen (secondary N) is 1. The molecule has 0 saturated heterocycles. The molecule has 86 valence electrons. The number of halogens is 1. The van der Waals surface area contributed by atoms with Gasteiger partial charge in [-0.15, -0.1) is 0 Å². The molecular formula is C11H12BrNO3. The third kappa shape index (κ3) is 2.66. The summed E-state index contributed by atoms with van der Waals surface area (Å²) >= 11 is 3.22. The van der Waals surface area contributed by atoms with Crippen LogP contribution in [-0.2, 0) is 11.3 Å². The van der Waals surface area contributed by atoms with Crippen molar-refractivity contribution < 1.29 is 14.3 Å². The Bertz CT molecular complexity index is 395. The van der Waals surface area contributed by atoms with Gasteiger partial charge in [0.15, 0.2) is 11.5 Å². The maximum absolute atomic E-state index is 11.3. The Morgan fingerprint density at radius 3 is 3.00 bits per heavy atom. The van der Waals surface area contributed by atoms with Gasteiger partial charge in [-0.05, 0) is 17.7 Å². The Balaban J connectivity index is 1.93. The van der Waals surface area contributed by atoms with Crippen LogP contribution in [0.25, 0.3) is 0 Å². The summed E-state index contributed by atoms with van der Waals surface area (Å²) in [5, 5.41) is 3.51. The molecule has 4 nitrogen and oxygen atoms in total. The van der Waals surface area contributed by atoms with Gasteiger partial charge in [-0.1, -0.05) is 22.0 Å². The summed E-state index contributed by atoms with van der Waals surface area (Å²) in [7, 11) is 0. The molecule has 2 rings (SSSR count). The molecule has 0 saturated carbocycles. The van der Waals surface area contributed by atoms with E-state index in [1.165, 1.54) is 0 Å². The fourth-order valence-corrected chi connectivity index (χ4v) is 1.79. The van der Waals surface area contributed by atoms with E-state index < -0.39 is 0 Å². The highest BCUT2D eigenvalue weighted by Crippen LogP contribution is 2.32. The summed E-state index contributed by atoms with van der Waals surface area (Å²) in [6.07, 6.45) is 0.491. The van der Waals surface area contributed by atoms with E-state index >= 15 is 0 Å². The van der Waals surface area contributed by atoms with Crippen LogP contribution in [0.5, 0.6) is 11.5 Å². The van der Waals surface area contributed by atoms with Crippen molar-refractivity contribution in [1.82, 2.24) is 5.32 Å². The number of fused-ring (bicyclic) bond motifs is 1. The molecule has 1 aromatic rings. The molecule has 0 bridgehead atoms. The minimum atomic E-state index is 0.0366. The van der Waals surface area contributed by atoms with E-state index in [9.17, 15) is 4.79 Å². The van der Waals surface area contributed by atoms with E-state index in [1.54, 1.807) is 0 Å². The number of amides is 1. The predicted molar refractivity (Wildman–Crippen MR) is 62.8 cm³/mol. The Morgan fingerprint density at radius 2 is 2.19 bits per heavy atom. The molecule has 1 aliphatic heterocycles. The lowest BCUT2D eigenvalue weighted by molar-refractivity contribution is -0.120. The van der Waals surface area contributed by atoms with Gasteiger partial charge in [0.05, 0.1) is 0 Å². The van der Waals surface area contributed by atoms with Crippen molar-refractivity contribution in [2.75, 3.05) is 12.1 Å². The first-order chi connectivity index (χ1) is 7.79. The van der Waals surface area contributed by atoms with E-state index in [2.05, 4.69) is 21.2 Å². The topological polar surface area (TPSA) is 47.6 Å². The third-order valence-corrected chi connectivity index (χ3v) is 2.64. The first kappa shape index (κ1) is 11.3. The Labute approximate surface area is 102 Å². The van der Waals surface area contributed by atoms with Crippen molar-refractivity contribution in [2.24, 2.45) is 0 Å². The molecule has 0 aromatic heterocycles. The summed E-state index contributed by atoms with van der Waals surface area (Å²) in [5.41, 5.74) is 1.01. The number of alkyl halides is 1. The molecular weight excluding hydrogens is 274 g/mol. The standard InChI is InChI=1S/C11H12BrNO3/c12-4-3-11(14)13-6-8-1-2-9-10(5-8)16-7-15-9/h1-2,5H,3-4,6-7H2,(H,13,14). The zero-order valence-corrected chi connectivity index (χ0v) is 10.2. The average molecular weight is 286 g/mol. The minimum absolute atomic E-state index is 0.0366. The van der Waals surface area contributed by atoms with Crippen LogP contribution >= 0.6 is 15.9 Å². The van der Waals surface area contributed by atoms with Crippen molar-refractivity contribution >= 4 is 21.8 Å². The number of hydrogen-bond donors (Lipinski definition) is 1. The van der Waals surface area contributed by atoms with Crippen LogP contribution in [0.3, 0.4) is 0 Å². The monoisotopic (exact) mass is 285 g/mol. The molecule has 1 amide bonds. The molecule has 1 N–H and O–H groups in total. The Kier molecular flexibility index (Phi) is 3.66. The zero-order valence-electron chi connectivity index (χ0n) is 8.66. The number of hydrogen-bond acceptors (Lipinski definition) is 3. The van der Waals surface area contributed by atoms with Gasteiger partial charge >= 0.3 is 0 Å². The van der Waals surface area contributed by atoms with E-state index in [-0.39, 0.29) is 12.7 Å². The van der Waals surface area contributed by atoms with Gasteiger partial charge in [-0.2, -0.15) is 0 Å². The van der Waals surface area contributed by atoms with Crippen LogP contribution in [0.4, 0.5) is 0 Å². The smallest absolute Gasteiger partial charge is 0.231 e. The summed E-state index contributed by atoms with van der Waals surface area (Å²) in [6.45, 7) is 0.789. The summed E-state index contributed by atoms with van der Waals surface area (Å²) in [4.78, 5) is 11.3. The zero-order chi connectivity index (χ0) is 11.4. The SMILES string of the molecule is O=C(CCBr)NCc1ccc2c(c1)OCO2. The third-order valence-electron chi connectivity index (χ3n) is 2.25. The molecule has 0 aliphatic carbocycles. The highest BCUT2D eigenvalue weighted by molar-refractivity contribution is 9.09. The number of benzene rings is 1. The summed E-state index contributed by atoms with van der Waals surface area (Å²) in [5.74, 6) is 1.54. The van der Waals surface area contributed by atoms with Crippen LogP contribution in [0.15, 0.2) is 18.2 Å².